The van der Waals surface area contributed by atoms with Gasteiger partial charge in [-0.1, -0.05) is 43.4 Å². The zero-order chi connectivity index (χ0) is 24.7. The zero-order valence-corrected chi connectivity index (χ0v) is 20.2. The minimum atomic E-state index is -0.404. The van der Waals surface area contributed by atoms with E-state index in [1.54, 1.807) is 23.1 Å². The molecule has 0 unspecified atom stereocenters. The Labute approximate surface area is 206 Å². The van der Waals surface area contributed by atoms with Gasteiger partial charge in [-0.15, -0.1) is 0 Å². The summed E-state index contributed by atoms with van der Waals surface area (Å²) in [5, 5.41) is 3.25. The predicted molar refractivity (Wildman–Crippen MR) is 132 cm³/mol. The van der Waals surface area contributed by atoms with E-state index >= 15 is 0 Å². The Kier molecular flexibility index (Phi) is 5.94. The first-order valence-electron chi connectivity index (χ1n) is 11.5. The Morgan fingerprint density at radius 1 is 1.03 bits per heavy atom. The van der Waals surface area contributed by atoms with Crippen molar-refractivity contribution in [3.05, 3.63) is 81.4 Å². The average Bonchev–Trinajstić information content (AvgIpc) is 3.36. The van der Waals surface area contributed by atoms with Crippen LogP contribution in [0, 0.1) is 5.92 Å². The fraction of sp³-hybridized carbons (Fsp3) is 0.269. The molecule has 0 saturated heterocycles. The molecule has 2 aromatic carbocycles. The Balaban J connectivity index is 1.29. The van der Waals surface area contributed by atoms with E-state index in [1.807, 2.05) is 32.0 Å². The van der Waals surface area contributed by atoms with Crippen molar-refractivity contribution in [3.8, 4) is 0 Å². The summed E-state index contributed by atoms with van der Waals surface area (Å²) in [6, 6.07) is 13.7. The molecule has 0 fully saturated rings. The number of carbonyl (C=O) groups excluding carboxylic acids is 4. The third kappa shape index (κ3) is 4.35. The first-order valence-corrected chi connectivity index (χ1v) is 12.3. The third-order valence-electron chi connectivity index (χ3n) is 6.04. The van der Waals surface area contributed by atoms with Gasteiger partial charge in [-0.2, -0.15) is 0 Å². The van der Waals surface area contributed by atoms with E-state index in [9.17, 15) is 19.2 Å². The number of nitrogens with one attached hydrogen (secondary N) is 1. The minimum absolute atomic E-state index is 0.0286. The summed E-state index contributed by atoms with van der Waals surface area (Å²) in [6.45, 7) is 5.21. The first-order chi connectivity index (χ1) is 16.8. The molecular formula is C26H24N4O4S. The topological polar surface area (TPSA) is 99.7 Å². The quantitative estimate of drug-likeness (QED) is 0.550. The molecule has 0 atom stereocenters. The van der Waals surface area contributed by atoms with E-state index in [0.717, 1.165) is 10.6 Å². The number of aromatic nitrogens is 1. The fourth-order valence-electron chi connectivity index (χ4n) is 4.32. The first kappa shape index (κ1) is 22.9. The summed E-state index contributed by atoms with van der Waals surface area (Å²) < 4.78 is 0. The van der Waals surface area contributed by atoms with Crippen molar-refractivity contribution < 1.29 is 19.2 Å². The smallest absolute Gasteiger partial charge is 0.261 e. The Hall–Kier alpha value is -3.85. The highest BCUT2D eigenvalue weighted by molar-refractivity contribution is 7.15. The molecule has 3 aromatic rings. The summed E-state index contributed by atoms with van der Waals surface area (Å²) in [5.41, 5.74) is 2.37. The normalized spacial score (nSPS) is 14.8. The lowest BCUT2D eigenvalue weighted by molar-refractivity contribution is 0.0635. The van der Waals surface area contributed by atoms with Gasteiger partial charge in [0.25, 0.3) is 23.6 Å². The largest absolute Gasteiger partial charge is 0.333 e. The van der Waals surface area contributed by atoms with E-state index in [0.29, 0.717) is 42.3 Å². The van der Waals surface area contributed by atoms with Gasteiger partial charge >= 0.3 is 0 Å². The molecule has 178 valence electrons. The molecule has 0 aliphatic carbocycles. The van der Waals surface area contributed by atoms with Gasteiger partial charge in [0.15, 0.2) is 5.13 Å². The molecule has 0 radical (unpaired) electrons. The maximum absolute atomic E-state index is 12.9. The van der Waals surface area contributed by atoms with Crippen LogP contribution in [0.5, 0.6) is 0 Å². The highest BCUT2D eigenvalue weighted by Gasteiger charge is 2.36. The van der Waals surface area contributed by atoms with Crippen LogP contribution in [-0.4, -0.2) is 51.5 Å². The van der Waals surface area contributed by atoms with Gasteiger partial charge in [-0.05, 0) is 36.2 Å². The highest BCUT2D eigenvalue weighted by Crippen LogP contribution is 2.30. The molecule has 2 aliphatic rings. The zero-order valence-electron chi connectivity index (χ0n) is 19.4. The average molecular weight is 489 g/mol. The molecule has 0 spiro atoms. The van der Waals surface area contributed by atoms with Gasteiger partial charge in [-0.3, -0.25) is 29.4 Å². The summed E-state index contributed by atoms with van der Waals surface area (Å²) in [4.78, 5) is 59.5. The second-order valence-corrected chi connectivity index (χ2v) is 10.1. The SMILES string of the molecule is CC(C)CN1C(=O)c2ccc(C(=O)Nc3nc4c(s3)CN(C(=O)c3ccccc3)CC4)cc2C1=O. The number of fused-ring (bicyclic) bond motifs is 2. The summed E-state index contributed by atoms with van der Waals surface area (Å²) in [6.07, 6.45) is 0.613. The van der Waals surface area contributed by atoms with Crippen LogP contribution < -0.4 is 5.32 Å². The predicted octanol–water partition coefficient (Wildman–Crippen LogP) is 3.85. The number of rotatable bonds is 5. The van der Waals surface area contributed by atoms with Gasteiger partial charge in [0.05, 0.1) is 23.4 Å². The van der Waals surface area contributed by atoms with Gasteiger partial charge in [0, 0.05) is 35.5 Å². The van der Waals surface area contributed by atoms with Crippen LogP contribution in [0.1, 0.15) is 65.9 Å². The Morgan fingerprint density at radius 2 is 1.77 bits per heavy atom. The van der Waals surface area contributed by atoms with Gasteiger partial charge in [0.1, 0.15) is 0 Å². The van der Waals surface area contributed by atoms with Crippen LogP contribution >= 0.6 is 11.3 Å². The number of hydrogen-bond acceptors (Lipinski definition) is 6. The second-order valence-electron chi connectivity index (χ2n) is 9.06. The van der Waals surface area contributed by atoms with E-state index in [4.69, 9.17) is 0 Å². The number of thiazole rings is 1. The van der Waals surface area contributed by atoms with Crippen molar-refractivity contribution in [2.75, 3.05) is 18.4 Å². The van der Waals surface area contributed by atoms with Crippen molar-refractivity contribution in [2.45, 2.75) is 26.8 Å². The number of carbonyl (C=O) groups is 4. The summed E-state index contributed by atoms with van der Waals surface area (Å²) in [5.74, 6) is -0.985. The summed E-state index contributed by atoms with van der Waals surface area (Å²) in [7, 11) is 0. The lowest BCUT2D eigenvalue weighted by atomic mass is 10.1. The van der Waals surface area contributed by atoms with Crippen molar-refractivity contribution in [1.29, 1.82) is 0 Å². The minimum Gasteiger partial charge on any atom is -0.333 e. The van der Waals surface area contributed by atoms with Crippen molar-refractivity contribution >= 4 is 40.1 Å². The molecule has 0 saturated carbocycles. The van der Waals surface area contributed by atoms with Crippen molar-refractivity contribution in [3.63, 3.8) is 0 Å². The Bertz CT molecular complexity index is 1350. The van der Waals surface area contributed by atoms with Gasteiger partial charge in [-0.25, -0.2) is 4.98 Å². The van der Waals surface area contributed by atoms with Gasteiger partial charge < -0.3 is 4.90 Å². The van der Waals surface area contributed by atoms with Crippen LogP contribution in [0.2, 0.25) is 0 Å². The molecule has 3 heterocycles. The van der Waals surface area contributed by atoms with E-state index in [2.05, 4.69) is 10.3 Å². The molecule has 9 heteroatoms. The lowest BCUT2D eigenvalue weighted by Crippen LogP contribution is -2.35. The molecule has 4 amide bonds. The van der Waals surface area contributed by atoms with E-state index in [1.165, 1.54) is 28.4 Å². The van der Waals surface area contributed by atoms with Gasteiger partial charge in [0.2, 0.25) is 0 Å². The molecule has 2 aliphatic heterocycles. The van der Waals surface area contributed by atoms with E-state index in [-0.39, 0.29) is 34.8 Å². The standard InChI is InChI=1S/C26H24N4O4S/c1-15(2)13-30-24(33)18-9-8-17(12-19(18)25(30)34)22(31)28-26-27-20-10-11-29(14-21(20)35-26)23(32)16-6-4-3-5-7-16/h3-9,12,15H,10-11,13-14H2,1-2H3,(H,27,28,31). The summed E-state index contributed by atoms with van der Waals surface area (Å²) >= 11 is 1.34. The number of amides is 4. The highest BCUT2D eigenvalue weighted by atomic mass is 32.1. The van der Waals surface area contributed by atoms with Crippen molar-refractivity contribution in [1.82, 2.24) is 14.8 Å². The number of hydrogen-bond donors (Lipinski definition) is 1. The van der Waals surface area contributed by atoms with Crippen LogP contribution in [0.15, 0.2) is 48.5 Å². The molecule has 0 bridgehead atoms. The number of benzene rings is 2. The number of nitrogens with zero attached hydrogens (tertiary/aromatic N) is 3. The number of imide groups is 1. The lowest BCUT2D eigenvalue weighted by Gasteiger charge is -2.26. The van der Waals surface area contributed by atoms with Crippen molar-refractivity contribution in [2.24, 2.45) is 5.92 Å². The van der Waals surface area contributed by atoms with Crippen LogP contribution in [0.25, 0.3) is 0 Å². The maximum atomic E-state index is 12.9. The van der Waals surface area contributed by atoms with E-state index < -0.39 is 5.91 Å². The molecule has 5 rings (SSSR count). The number of anilines is 1. The maximum Gasteiger partial charge on any atom is 0.261 e. The molecule has 1 aromatic heterocycles. The van der Waals surface area contributed by atoms with Crippen LogP contribution in [0.3, 0.4) is 0 Å². The molecule has 1 N–H and O–H groups in total. The molecular weight excluding hydrogens is 464 g/mol. The monoisotopic (exact) mass is 488 g/mol. The molecule has 35 heavy (non-hydrogen) atoms. The van der Waals surface area contributed by atoms with Crippen LogP contribution in [0.4, 0.5) is 5.13 Å². The second kappa shape index (κ2) is 9.07. The Morgan fingerprint density at radius 3 is 2.51 bits per heavy atom. The fourth-order valence-corrected chi connectivity index (χ4v) is 5.34. The molecule has 8 nitrogen and oxygen atoms in total. The van der Waals surface area contributed by atoms with Crippen LogP contribution in [-0.2, 0) is 13.0 Å². The third-order valence-corrected chi connectivity index (χ3v) is 7.04.